The third-order valence-electron chi connectivity index (χ3n) is 19.3. The molecule has 0 unspecified atom stereocenters. The van der Waals surface area contributed by atoms with Gasteiger partial charge in [-0.2, -0.15) is 65.9 Å². The van der Waals surface area contributed by atoms with Gasteiger partial charge in [0.05, 0.1) is 85.7 Å². The van der Waals surface area contributed by atoms with Gasteiger partial charge in [0.1, 0.15) is 5.69 Å². The molecule has 2 aromatic heterocycles. The van der Waals surface area contributed by atoms with Crippen molar-refractivity contribution >= 4 is 110 Å². The maximum Gasteiger partial charge on any atom is 0.416 e. The Labute approximate surface area is 724 Å². The summed E-state index contributed by atoms with van der Waals surface area (Å²) in [6.45, 7) is 20.0. The molecule has 0 spiro atoms. The predicted molar refractivity (Wildman–Crippen MR) is 456 cm³/mol. The van der Waals surface area contributed by atoms with Crippen LogP contribution in [0.25, 0.3) is 0 Å². The van der Waals surface area contributed by atoms with E-state index in [4.69, 9.17) is 47.6 Å². The SMILES string of the molecule is C1CCCCC1.CCN(C(C)C)C(C)C.Cc1ccc(C(F)(F)F)cc1[N+](=O)[O-].Cl.ClCCl.Nc1cc(C(F)(F)F)ccc1N1CCCCC1.Nc1cc(C(F)(F)F)ccc1N1CCCCC1.O=C(Cl)c1ccncc1.O=C(Nc1cc(C(F)(F)F)ccc1N1CCCCC1)c1ccncc1.O=[N+]([O-])c1cc(C(F)(F)F)ccc1N1CCCCC1.[2H]CF. The van der Waals surface area contributed by atoms with Crippen LogP contribution in [0.3, 0.4) is 0 Å². The molecule has 5 aliphatic rings. The van der Waals surface area contributed by atoms with Crippen molar-refractivity contribution in [1.82, 2.24) is 14.9 Å². The fourth-order valence-corrected chi connectivity index (χ4v) is 13.5. The number of carbonyl (C=O) groups is 2. The van der Waals surface area contributed by atoms with E-state index in [-0.39, 0.29) is 46.1 Å². The standard InChI is InChI=1S/C18H18F3N3O.C12H13F3N2O2.2C12H15F3N2.C8H6F3NO2.C8H19N.C6H4ClNO.C6H12.CH2Cl2.CH3F.ClH/c19-18(20,21)14-4-5-16(24-10-2-1-3-11-24)15(12-14)23-17(25)13-6-8-22-9-7-13;13-12(14,15)9-4-5-10(11(8-9)17(18)19)16-6-2-1-3-7-16;2*13-12(14,15)9-4-5-11(10(16)8-9)17-6-2-1-3-7-17;1-5-2-3-6(8(9,10)11)4-7(5)12(13)14;1-6-9(7(2)3)8(4)5;7-6(9)5-1-3-8-4-2-5;1-2-4-6-5-3-1;2-1-3;1-2;/h4-9,12H,1-3,10-11H2,(H,23,25);4-5,8H,1-3,6-7H2;2*4-5,8H,1-3,6-7,16H2;2-4H,1H3;7-8H,6H2,1-5H3;1-4H;1-6H2;1H2;1H3;1H/i;;;;;;;;;1D;. The van der Waals surface area contributed by atoms with Crippen LogP contribution in [0.4, 0.5) is 121 Å². The average Bonchev–Trinajstić information content (AvgIpc) is 0.818. The number of piperidine rings is 4. The first-order valence-corrected chi connectivity index (χ1v) is 40.7. The minimum absolute atomic E-state index is 0. The second-order valence-corrected chi connectivity index (χ2v) is 29.8. The Bertz CT molecular complexity index is 4140. The van der Waals surface area contributed by atoms with Crippen LogP contribution in [0.5, 0.6) is 0 Å². The van der Waals surface area contributed by atoms with Gasteiger partial charge in [0.15, 0.2) is 0 Å². The lowest BCUT2D eigenvalue weighted by Crippen LogP contribution is -2.36. The molecule has 5 N–H and O–H groups in total. The van der Waals surface area contributed by atoms with E-state index >= 15 is 0 Å². The largest absolute Gasteiger partial charge is 0.416 e. The van der Waals surface area contributed by atoms with E-state index in [1.807, 2.05) is 4.90 Å². The van der Waals surface area contributed by atoms with Crippen LogP contribution in [-0.4, -0.2) is 119 Å². The number of hydrogen-bond acceptors (Lipinski definition) is 15. The van der Waals surface area contributed by atoms with E-state index in [0.29, 0.717) is 54.1 Å². The summed E-state index contributed by atoms with van der Waals surface area (Å²) in [4.78, 5) is 60.4. The Morgan fingerprint density at radius 1 is 0.459 bits per heavy atom. The monoisotopic (exact) mass is 1830 g/mol. The van der Waals surface area contributed by atoms with Gasteiger partial charge >= 0.3 is 30.9 Å². The van der Waals surface area contributed by atoms with Gasteiger partial charge in [0, 0.05) is 118 Å². The van der Waals surface area contributed by atoms with Crippen molar-refractivity contribution in [3.05, 3.63) is 205 Å². The molecule has 6 heterocycles. The highest BCUT2D eigenvalue weighted by molar-refractivity contribution is 6.67. The molecule has 12 rings (SSSR count). The zero-order chi connectivity index (χ0) is 91.6. The summed E-state index contributed by atoms with van der Waals surface area (Å²) in [7, 11) is -1.00. The third-order valence-corrected chi connectivity index (χ3v) is 19.6. The summed E-state index contributed by atoms with van der Waals surface area (Å²) in [5, 5.41) is 23.7. The molecule has 7 aromatic rings. The fourth-order valence-electron chi connectivity index (χ4n) is 13.3. The molecule has 0 bridgehead atoms. The van der Waals surface area contributed by atoms with Gasteiger partial charge < -0.3 is 36.4 Å². The second-order valence-electron chi connectivity index (χ2n) is 28.6. The summed E-state index contributed by atoms with van der Waals surface area (Å²) in [5.41, 5.74) is 10.3. The molecule has 0 atom stereocenters. The Morgan fingerprint density at radius 2 is 0.721 bits per heavy atom. The molecule has 1 amide bonds. The highest BCUT2D eigenvalue weighted by Crippen LogP contribution is 2.41. The molecular formula is C84H108Cl4F16N12O6. The molecular weight excluding hydrogens is 1720 g/mol. The number of anilines is 7. The number of pyridine rings is 2. The third kappa shape index (κ3) is 38.9. The topological polar surface area (TPSA) is 226 Å². The van der Waals surface area contributed by atoms with E-state index in [2.05, 4.69) is 64.6 Å². The second kappa shape index (κ2) is 54.7. The van der Waals surface area contributed by atoms with E-state index in [1.165, 1.54) is 119 Å². The molecule has 1 aliphatic carbocycles. The van der Waals surface area contributed by atoms with Crippen LogP contribution in [0.15, 0.2) is 140 Å². The van der Waals surface area contributed by atoms with Crippen molar-refractivity contribution in [2.75, 3.05) is 108 Å². The maximum atomic E-state index is 13.1. The first-order valence-electron chi connectivity index (χ1n) is 39.9. The number of carbonyl (C=O) groups excluding carboxylic acids is 2. The van der Waals surface area contributed by atoms with Gasteiger partial charge in [0.25, 0.3) is 22.5 Å². The lowest BCUT2D eigenvalue weighted by molar-refractivity contribution is -0.385. The van der Waals surface area contributed by atoms with Crippen LogP contribution in [0, 0.1) is 27.2 Å². The predicted octanol–water partition coefficient (Wildman–Crippen LogP) is 25.8. The van der Waals surface area contributed by atoms with Gasteiger partial charge in [-0.05, 0) is 227 Å². The number of alkyl halides is 18. The Kier molecular flexibility index (Phi) is 48.1. The number of halogens is 20. The zero-order valence-electron chi connectivity index (χ0n) is 69.7. The quantitative estimate of drug-likeness (QED) is 0.0258. The fraction of sp³-hybridized carbons (Fsp3) is 0.500. The number of nitrogens with zero attached hydrogens (tertiary/aromatic N) is 9. The van der Waals surface area contributed by atoms with Crippen LogP contribution < -0.4 is 36.4 Å². The first-order chi connectivity index (χ1) is 57.4. The van der Waals surface area contributed by atoms with Crippen LogP contribution in [0.1, 0.15) is 206 Å². The minimum atomic E-state index is -4.56. The highest BCUT2D eigenvalue weighted by Gasteiger charge is 2.37. The number of rotatable bonds is 12. The summed E-state index contributed by atoms with van der Waals surface area (Å²) >= 11 is 14.7. The molecule has 5 aromatic carbocycles. The van der Waals surface area contributed by atoms with Gasteiger partial charge in [0.2, 0.25) is 0 Å². The Morgan fingerprint density at radius 3 is 1.00 bits per heavy atom. The van der Waals surface area contributed by atoms with Crippen LogP contribution in [-0.2, 0) is 30.9 Å². The number of nitrogen functional groups attached to an aromatic ring is 2. The van der Waals surface area contributed by atoms with E-state index in [1.54, 1.807) is 17.0 Å². The zero-order valence-corrected chi connectivity index (χ0v) is 71.7. The van der Waals surface area contributed by atoms with Crippen molar-refractivity contribution in [1.29, 1.82) is 0 Å². The molecule has 38 heteroatoms. The number of aryl methyl sites for hydroxylation is 1. The van der Waals surface area contributed by atoms with E-state index in [9.17, 15) is 100 Å². The van der Waals surface area contributed by atoms with Crippen LogP contribution in [0.2, 0.25) is 0 Å². The summed E-state index contributed by atoms with van der Waals surface area (Å²) in [5.74, 6) is -0.458. The van der Waals surface area contributed by atoms with Crippen molar-refractivity contribution in [3.63, 3.8) is 0 Å². The Balaban J connectivity index is 0.000000483. The number of nitrogens with two attached hydrogens (primary N) is 2. The molecule has 5 fully saturated rings. The number of amides is 1. The molecule has 1 saturated carbocycles. The van der Waals surface area contributed by atoms with Gasteiger partial charge in [-0.3, -0.25) is 49.1 Å². The summed E-state index contributed by atoms with van der Waals surface area (Å²) < 4.78 is 204. The van der Waals surface area contributed by atoms with Gasteiger partial charge in [-0.15, -0.1) is 35.6 Å². The van der Waals surface area contributed by atoms with Crippen LogP contribution >= 0.6 is 47.2 Å². The summed E-state index contributed by atoms with van der Waals surface area (Å²) in [6.07, 6.45) is 5.32. The molecule has 0 radical (unpaired) electrons. The molecule has 122 heavy (non-hydrogen) atoms. The van der Waals surface area contributed by atoms with Crippen molar-refractivity contribution in [2.24, 2.45) is 0 Å². The van der Waals surface area contributed by atoms with E-state index in [0.717, 1.165) is 176 Å². The maximum absolute atomic E-state index is 13.1. The number of benzene rings is 5. The number of aromatic nitrogens is 2. The van der Waals surface area contributed by atoms with Crippen molar-refractivity contribution < 1.29 is 91.1 Å². The van der Waals surface area contributed by atoms with E-state index < -0.39 is 98.2 Å². The lowest BCUT2D eigenvalue weighted by Gasteiger charge is -2.31. The number of hydrogen-bond donors (Lipinski definition) is 3. The number of nitro benzene ring substituents is 2. The molecule has 4 aliphatic heterocycles. The summed E-state index contributed by atoms with van der Waals surface area (Å²) in [6, 6.07) is 23.4. The minimum Gasteiger partial charge on any atom is -0.397 e. The first kappa shape index (κ1) is 107. The molecule has 18 nitrogen and oxygen atoms in total. The van der Waals surface area contributed by atoms with Gasteiger partial charge in [-0.25, -0.2) is 0 Å². The number of nitro groups is 2. The average molecular weight is 1830 g/mol. The van der Waals surface area contributed by atoms with Crippen molar-refractivity contribution in [2.45, 2.75) is 200 Å². The van der Waals surface area contributed by atoms with Crippen molar-refractivity contribution in [3.8, 4) is 0 Å². The lowest BCUT2D eigenvalue weighted by atomic mass is 10.0. The Hall–Kier alpha value is -8.86. The van der Waals surface area contributed by atoms with Gasteiger partial charge in [-0.1, -0.05) is 51.5 Å². The highest BCUT2D eigenvalue weighted by atomic mass is 35.5. The smallest absolute Gasteiger partial charge is 0.397 e. The molecule has 4 saturated heterocycles. The number of nitrogens with one attached hydrogen (secondary N) is 1. The normalized spacial score (nSPS) is 14.8. The molecule has 680 valence electrons.